The maximum absolute atomic E-state index is 12.1. The van der Waals surface area contributed by atoms with Gasteiger partial charge in [-0.2, -0.15) is 18.4 Å². The minimum atomic E-state index is -4.31. The van der Waals surface area contributed by atoms with Gasteiger partial charge in [-0.3, -0.25) is 4.99 Å². The molecule has 0 saturated heterocycles. The second-order valence-electron chi connectivity index (χ2n) is 6.01. The van der Waals surface area contributed by atoms with Crippen LogP contribution in [0, 0.1) is 11.3 Å². The van der Waals surface area contributed by atoms with E-state index in [2.05, 4.69) is 26.4 Å². The Morgan fingerprint density at radius 2 is 1.45 bits per heavy atom. The number of hydrogen-bond donors (Lipinski definition) is 2. The van der Waals surface area contributed by atoms with Gasteiger partial charge in [-0.15, -0.1) is 24.0 Å². The number of rotatable bonds is 7. The Hall–Kier alpha value is -2.32. The van der Waals surface area contributed by atoms with Gasteiger partial charge in [0.05, 0.1) is 18.2 Å². The number of benzene rings is 2. The van der Waals surface area contributed by atoms with Gasteiger partial charge in [0.2, 0.25) is 0 Å². The number of alkyl halides is 3. The molecule has 0 bridgehead atoms. The molecule has 156 valence electrons. The van der Waals surface area contributed by atoms with E-state index in [1.807, 2.05) is 24.3 Å². The van der Waals surface area contributed by atoms with E-state index in [1.165, 1.54) is 0 Å². The van der Waals surface area contributed by atoms with Gasteiger partial charge in [0.25, 0.3) is 0 Å². The Kier molecular flexibility index (Phi) is 10.5. The summed E-state index contributed by atoms with van der Waals surface area (Å²) in [6.07, 6.45) is -4.31. The molecule has 5 nitrogen and oxygen atoms in total. The molecule has 9 heteroatoms. The third-order valence-corrected chi connectivity index (χ3v) is 3.78. The molecule has 0 heterocycles. The zero-order valence-electron chi connectivity index (χ0n) is 15.8. The van der Waals surface area contributed by atoms with Gasteiger partial charge in [-0.1, -0.05) is 36.4 Å². The van der Waals surface area contributed by atoms with Gasteiger partial charge in [-0.05, 0) is 28.8 Å². The standard InChI is InChI=1S/C20H21F3N4O.HI/c1-25-19(26-11-16-4-2-15(10-24)3-5-16)27-12-17-6-8-18(9-7-17)13-28-14-20(21,22)23;/h2-9H,11-14H2,1H3,(H2,25,26,27);1H. The van der Waals surface area contributed by atoms with Crippen LogP contribution < -0.4 is 10.6 Å². The SMILES string of the molecule is CN=C(NCc1ccc(C#N)cc1)NCc1ccc(COCC(F)(F)F)cc1.I. The number of ether oxygens (including phenoxy) is 1. The van der Waals surface area contributed by atoms with Crippen LogP contribution >= 0.6 is 24.0 Å². The van der Waals surface area contributed by atoms with E-state index >= 15 is 0 Å². The summed E-state index contributed by atoms with van der Waals surface area (Å²) in [5, 5.41) is 15.2. The van der Waals surface area contributed by atoms with Crippen molar-refractivity contribution in [3.8, 4) is 6.07 Å². The Labute approximate surface area is 185 Å². The Bertz CT molecular complexity index is 816. The highest BCUT2D eigenvalue weighted by atomic mass is 127. The smallest absolute Gasteiger partial charge is 0.367 e. The van der Waals surface area contributed by atoms with Gasteiger partial charge in [0, 0.05) is 20.1 Å². The van der Waals surface area contributed by atoms with Crippen molar-refractivity contribution in [2.75, 3.05) is 13.7 Å². The van der Waals surface area contributed by atoms with Crippen molar-refractivity contribution < 1.29 is 17.9 Å². The number of aliphatic imine (C=N–C) groups is 1. The summed E-state index contributed by atoms with van der Waals surface area (Å²) in [6, 6.07) is 16.5. The first kappa shape index (κ1) is 24.7. The van der Waals surface area contributed by atoms with E-state index in [1.54, 1.807) is 31.3 Å². The fourth-order valence-electron chi connectivity index (χ4n) is 2.33. The molecule has 2 aromatic carbocycles. The number of halogens is 4. The Morgan fingerprint density at radius 1 is 0.966 bits per heavy atom. The largest absolute Gasteiger partial charge is 0.411 e. The van der Waals surface area contributed by atoms with Crippen molar-refractivity contribution in [1.29, 1.82) is 5.26 Å². The highest BCUT2D eigenvalue weighted by Gasteiger charge is 2.27. The summed E-state index contributed by atoms with van der Waals surface area (Å²) in [5.74, 6) is 0.613. The first-order valence-corrected chi connectivity index (χ1v) is 8.55. The lowest BCUT2D eigenvalue weighted by molar-refractivity contribution is -0.176. The zero-order chi connectivity index (χ0) is 20.4. The lowest BCUT2D eigenvalue weighted by Crippen LogP contribution is -2.36. The van der Waals surface area contributed by atoms with Crippen LogP contribution in [0.5, 0.6) is 0 Å². The molecule has 0 aliphatic carbocycles. The highest BCUT2D eigenvalue weighted by Crippen LogP contribution is 2.15. The average molecular weight is 518 g/mol. The molecule has 29 heavy (non-hydrogen) atoms. The van der Waals surface area contributed by atoms with E-state index in [9.17, 15) is 13.2 Å². The molecule has 0 aliphatic heterocycles. The quantitative estimate of drug-likeness (QED) is 0.329. The molecule has 0 saturated carbocycles. The lowest BCUT2D eigenvalue weighted by Gasteiger charge is -2.12. The van der Waals surface area contributed by atoms with Crippen molar-refractivity contribution in [1.82, 2.24) is 10.6 Å². The summed E-state index contributed by atoms with van der Waals surface area (Å²) >= 11 is 0. The minimum Gasteiger partial charge on any atom is -0.367 e. The van der Waals surface area contributed by atoms with E-state index in [4.69, 9.17) is 5.26 Å². The number of nitrogens with zero attached hydrogens (tertiary/aromatic N) is 2. The van der Waals surface area contributed by atoms with Gasteiger partial charge >= 0.3 is 6.18 Å². The third-order valence-electron chi connectivity index (χ3n) is 3.78. The molecule has 0 aliphatic rings. The molecule has 0 fully saturated rings. The van der Waals surface area contributed by atoms with Gasteiger partial charge in [-0.25, -0.2) is 0 Å². The Morgan fingerprint density at radius 3 is 1.90 bits per heavy atom. The van der Waals surface area contributed by atoms with Crippen LogP contribution in [0.3, 0.4) is 0 Å². The molecule has 0 aromatic heterocycles. The summed E-state index contributed by atoms with van der Waals surface area (Å²) in [4.78, 5) is 4.15. The predicted molar refractivity (Wildman–Crippen MR) is 116 cm³/mol. The number of nitriles is 1. The van der Waals surface area contributed by atoms with Crippen LogP contribution in [0.4, 0.5) is 13.2 Å². The number of nitrogens with one attached hydrogen (secondary N) is 2. The number of guanidine groups is 1. The normalized spacial score (nSPS) is 11.3. The lowest BCUT2D eigenvalue weighted by atomic mass is 10.1. The van der Waals surface area contributed by atoms with Crippen LogP contribution in [0.25, 0.3) is 0 Å². The maximum atomic E-state index is 12.1. The zero-order valence-corrected chi connectivity index (χ0v) is 18.1. The minimum absolute atomic E-state index is 0. The fourth-order valence-corrected chi connectivity index (χ4v) is 2.33. The van der Waals surface area contributed by atoms with Crippen LogP contribution in [0.1, 0.15) is 22.3 Å². The average Bonchev–Trinajstić information content (AvgIpc) is 2.68. The van der Waals surface area contributed by atoms with Crippen LogP contribution in [-0.2, 0) is 24.4 Å². The van der Waals surface area contributed by atoms with Crippen LogP contribution in [-0.4, -0.2) is 25.8 Å². The van der Waals surface area contributed by atoms with Crippen molar-refractivity contribution in [3.63, 3.8) is 0 Å². The molecule has 2 N–H and O–H groups in total. The maximum Gasteiger partial charge on any atom is 0.411 e. The van der Waals surface area contributed by atoms with Gasteiger partial charge < -0.3 is 15.4 Å². The molecule has 2 rings (SSSR count). The second kappa shape index (κ2) is 12.3. The third kappa shape index (κ3) is 9.62. The van der Waals surface area contributed by atoms with Crippen molar-refractivity contribution >= 4 is 29.9 Å². The number of hydrogen-bond acceptors (Lipinski definition) is 3. The molecule has 0 spiro atoms. The summed E-state index contributed by atoms with van der Waals surface area (Å²) < 4.78 is 40.9. The van der Waals surface area contributed by atoms with E-state index < -0.39 is 12.8 Å². The summed E-state index contributed by atoms with van der Waals surface area (Å²) in [5.41, 5.74) is 3.26. The first-order chi connectivity index (χ1) is 13.4. The van der Waals surface area contributed by atoms with Crippen molar-refractivity contribution in [2.24, 2.45) is 4.99 Å². The first-order valence-electron chi connectivity index (χ1n) is 8.55. The summed E-state index contributed by atoms with van der Waals surface area (Å²) in [6.45, 7) is -0.268. The fraction of sp³-hybridized carbons (Fsp3) is 0.300. The van der Waals surface area contributed by atoms with E-state index in [-0.39, 0.29) is 30.6 Å². The molecular weight excluding hydrogens is 496 g/mol. The topological polar surface area (TPSA) is 69.4 Å². The molecule has 0 unspecified atom stereocenters. The van der Waals surface area contributed by atoms with E-state index in [0.717, 1.165) is 11.1 Å². The molecule has 2 aromatic rings. The van der Waals surface area contributed by atoms with Gasteiger partial charge in [0.15, 0.2) is 5.96 Å². The summed E-state index contributed by atoms with van der Waals surface area (Å²) in [7, 11) is 1.66. The highest BCUT2D eigenvalue weighted by molar-refractivity contribution is 14.0. The van der Waals surface area contributed by atoms with Gasteiger partial charge in [0.1, 0.15) is 6.61 Å². The Balaban J connectivity index is 0.00000420. The van der Waals surface area contributed by atoms with E-state index in [0.29, 0.717) is 30.2 Å². The van der Waals surface area contributed by atoms with Crippen LogP contribution in [0.2, 0.25) is 0 Å². The predicted octanol–water partition coefficient (Wildman–Crippen LogP) is 4.12. The monoisotopic (exact) mass is 518 g/mol. The van der Waals surface area contributed by atoms with Crippen LogP contribution in [0.15, 0.2) is 53.5 Å². The molecule has 0 radical (unpaired) electrons. The molecule has 0 atom stereocenters. The second-order valence-corrected chi connectivity index (χ2v) is 6.01. The molecule has 0 amide bonds. The van der Waals surface area contributed by atoms with Crippen molar-refractivity contribution in [2.45, 2.75) is 25.9 Å². The molecular formula is C20H22F3IN4O. The van der Waals surface area contributed by atoms with Crippen molar-refractivity contribution in [3.05, 3.63) is 70.8 Å².